The molecule has 0 spiro atoms. The number of nitrogens with zero attached hydrogens (tertiary/aromatic N) is 1. The zero-order valence-corrected chi connectivity index (χ0v) is 13.1. The Hall–Kier alpha value is -2.16. The molecule has 0 aromatic heterocycles. The van der Waals surface area contributed by atoms with Crippen molar-refractivity contribution in [1.29, 1.82) is 0 Å². The number of benzene rings is 1. The SMILES string of the molecule is CC(=O)c1cc2c(cc1N1CC(CS(=O)(=O)F)CC1=O)OCO2. The largest absolute Gasteiger partial charge is 0.454 e. The number of ketones is 1. The maximum Gasteiger partial charge on any atom is 0.302 e. The lowest BCUT2D eigenvalue weighted by Crippen LogP contribution is -2.27. The van der Waals surface area contributed by atoms with E-state index in [1.54, 1.807) is 0 Å². The molecule has 1 saturated heterocycles. The molecule has 0 bridgehead atoms. The molecule has 1 unspecified atom stereocenters. The first-order valence-electron chi connectivity index (χ1n) is 6.92. The number of halogens is 1. The van der Waals surface area contributed by atoms with Gasteiger partial charge in [0.25, 0.3) is 0 Å². The summed E-state index contributed by atoms with van der Waals surface area (Å²) in [6.07, 6.45) is -0.0884. The highest BCUT2D eigenvalue weighted by molar-refractivity contribution is 7.86. The monoisotopic (exact) mass is 343 g/mol. The minimum Gasteiger partial charge on any atom is -0.454 e. The van der Waals surface area contributed by atoms with Gasteiger partial charge in [0.2, 0.25) is 12.7 Å². The van der Waals surface area contributed by atoms with Crippen molar-refractivity contribution in [3.05, 3.63) is 17.7 Å². The number of ether oxygens (including phenoxy) is 2. The molecule has 2 heterocycles. The van der Waals surface area contributed by atoms with Crippen LogP contribution in [0.4, 0.5) is 9.57 Å². The van der Waals surface area contributed by atoms with E-state index in [1.165, 1.54) is 24.0 Å². The van der Waals surface area contributed by atoms with Crippen molar-refractivity contribution < 1.29 is 31.4 Å². The van der Waals surface area contributed by atoms with Gasteiger partial charge >= 0.3 is 10.2 Å². The number of anilines is 1. The highest BCUT2D eigenvalue weighted by Gasteiger charge is 2.36. The standard InChI is InChI=1S/C14H14FNO6S/c1-8(17)10-3-12-13(22-7-21-12)4-11(10)16-5-9(2-14(16)18)6-23(15,19)20/h3-4,9H,2,5-7H2,1H3. The van der Waals surface area contributed by atoms with Gasteiger partial charge in [-0.1, -0.05) is 0 Å². The van der Waals surface area contributed by atoms with Crippen LogP contribution in [0, 0.1) is 5.92 Å². The number of rotatable bonds is 4. The highest BCUT2D eigenvalue weighted by atomic mass is 32.3. The third-order valence-electron chi connectivity index (χ3n) is 3.80. The molecule has 0 radical (unpaired) electrons. The van der Waals surface area contributed by atoms with Crippen molar-refractivity contribution in [2.45, 2.75) is 13.3 Å². The number of Topliss-reactive ketones (excluding diaryl/α,β-unsaturated/α-hetero) is 1. The zero-order valence-electron chi connectivity index (χ0n) is 12.2. The van der Waals surface area contributed by atoms with Gasteiger partial charge in [-0.15, -0.1) is 3.89 Å². The fourth-order valence-electron chi connectivity index (χ4n) is 2.84. The molecule has 9 heteroatoms. The molecule has 2 aliphatic rings. The third kappa shape index (κ3) is 3.14. The van der Waals surface area contributed by atoms with Crippen LogP contribution in [0.5, 0.6) is 11.5 Å². The van der Waals surface area contributed by atoms with E-state index in [-0.39, 0.29) is 37.0 Å². The molecule has 1 aromatic rings. The summed E-state index contributed by atoms with van der Waals surface area (Å²) < 4.78 is 44.9. The van der Waals surface area contributed by atoms with Gasteiger partial charge in [0.15, 0.2) is 17.3 Å². The second kappa shape index (κ2) is 5.48. The minimum absolute atomic E-state index is 0.0206. The van der Waals surface area contributed by atoms with Crippen LogP contribution in [0.25, 0.3) is 0 Å². The van der Waals surface area contributed by atoms with E-state index in [4.69, 9.17) is 9.47 Å². The van der Waals surface area contributed by atoms with E-state index in [2.05, 4.69) is 0 Å². The van der Waals surface area contributed by atoms with Crippen LogP contribution in [0.15, 0.2) is 12.1 Å². The van der Waals surface area contributed by atoms with Crippen molar-refractivity contribution in [2.24, 2.45) is 5.92 Å². The fraction of sp³-hybridized carbons (Fsp3) is 0.429. The second-order valence-electron chi connectivity index (χ2n) is 5.56. The van der Waals surface area contributed by atoms with E-state index < -0.39 is 21.9 Å². The van der Waals surface area contributed by atoms with Gasteiger partial charge in [0.1, 0.15) is 0 Å². The minimum atomic E-state index is -4.66. The van der Waals surface area contributed by atoms with Gasteiger partial charge in [-0.2, -0.15) is 8.42 Å². The average molecular weight is 343 g/mol. The average Bonchev–Trinajstić information content (AvgIpc) is 3.01. The molecule has 1 fully saturated rings. The Kier molecular flexibility index (Phi) is 3.75. The number of fused-ring (bicyclic) bond motifs is 1. The molecule has 0 aliphatic carbocycles. The summed E-state index contributed by atoms with van der Waals surface area (Å²) in [5, 5.41) is 0. The smallest absolute Gasteiger partial charge is 0.302 e. The van der Waals surface area contributed by atoms with Crippen LogP contribution in [0.1, 0.15) is 23.7 Å². The Balaban J connectivity index is 1.95. The van der Waals surface area contributed by atoms with Crippen LogP contribution < -0.4 is 14.4 Å². The summed E-state index contributed by atoms with van der Waals surface area (Å²) in [5.41, 5.74) is 0.594. The lowest BCUT2D eigenvalue weighted by atomic mass is 10.1. The van der Waals surface area contributed by atoms with Gasteiger partial charge in [0, 0.05) is 30.5 Å². The Morgan fingerprint density at radius 2 is 2.00 bits per heavy atom. The van der Waals surface area contributed by atoms with Gasteiger partial charge < -0.3 is 14.4 Å². The van der Waals surface area contributed by atoms with E-state index in [9.17, 15) is 21.9 Å². The van der Waals surface area contributed by atoms with Gasteiger partial charge in [-0.05, 0) is 13.0 Å². The van der Waals surface area contributed by atoms with Crippen molar-refractivity contribution in [3.63, 3.8) is 0 Å². The predicted octanol–water partition coefficient (Wildman–Crippen LogP) is 1.27. The van der Waals surface area contributed by atoms with E-state index >= 15 is 0 Å². The van der Waals surface area contributed by atoms with Crippen LogP contribution in [0.2, 0.25) is 0 Å². The molecule has 0 N–H and O–H groups in total. The number of carbonyl (C=O) groups excluding carboxylic acids is 2. The van der Waals surface area contributed by atoms with E-state index in [1.807, 2.05) is 0 Å². The topological polar surface area (TPSA) is 90.0 Å². The number of amides is 1. The Labute approximate surface area is 132 Å². The molecule has 0 saturated carbocycles. The van der Waals surface area contributed by atoms with Crippen LogP contribution in [-0.4, -0.2) is 39.2 Å². The molecule has 3 rings (SSSR count). The lowest BCUT2D eigenvalue weighted by Gasteiger charge is -2.20. The lowest BCUT2D eigenvalue weighted by molar-refractivity contribution is -0.117. The zero-order chi connectivity index (χ0) is 16.8. The van der Waals surface area contributed by atoms with Gasteiger partial charge in [0.05, 0.1) is 11.4 Å². The summed E-state index contributed by atoms with van der Waals surface area (Å²) in [6, 6.07) is 3.01. The van der Waals surface area contributed by atoms with Crippen molar-refractivity contribution in [1.82, 2.24) is 0 Å². The maximum absolute atomic E-state index is 12.8. The summed E-state index contributed by atoms with van der Waals surface area (Å²) >= 11 is 0. The number of hydrogen-bond donors (Lipinski definition) is 0. The molecule has 1 atom stereocenters. The summed E-state index contributed by atoms with van der Waals surface area (Å²) in [4.78, 5) is 25.3. The van der Waals surface area contributed by atoms with Crippen LogP contribution in [-0.2, 0) is 15.0 Å². The Bertz CT molecular complexity index is 791. The van der Waals surface area contributed by atoms with Crippen molar-refractivity contribution >= 4 is 27.6 Å². The van der Waals surface area contributed by atoms with E-state index in [0.717, 1.165) is 0 Å². The highest BCUT2D eigenvalue weighted by Crippen LogP contribution is 2.40. The Morgan fingerprint density at radius 3 is 2.61 bits per heavy atom. The number of hydrogen-bond acceptors (Lipinski definition) is 6. The van der Waals surface area contributed by atoms with Crippen molar-refractivity contribution in [2.75, 3.05) is 24.0 Å². The first kappa shape index (κ1) is 15.7. The molecule has 1 amide bonds. The molecule has 1 aromatic carbocycles. The molecule has 124 valence electrons. The quantitative estimate of drug-likeness (QED) is 0.604. The fourth-order valence-corrected chi connectivity index (χ4v) is 3.63. The van der Waals surface area contributed by atoms with Crippen molar-refractivity contribution in [3.8, 4) is 11.5 Å². The normalized spacial score (nSPS) is 20.2. The molecule has 2 aliphatic heterocycles. The van der Waals surface area contributed by atoms with Crippen LogP contribution >= 0.6 is 0 Å². The first-order valence-corrected chi connectivity index (χ1v) is 8.47. The van der Waals surface area contributed by atoms with Crippen LogP contribution in [0.3, 0.4) is 0 Å². The van der Waals surface area contributed by atoms with Gasteiger partial charge in [-0.25, -0.2) is 0 Å². The second-order valence-corrected chi connectivity index (χ2v) is 6.97. The predicted molar refractivity (Wildman–Crippen MR) is 77.9 cm³/mol. The Morgan fingerprint density at radius 1 is 1.35 bits per heavy atom. The third-order valence-corrected chi connectivity index (χ3v) is 4.67. The van der Waals surface area contributed by atoms with Gasteiger partial charge in [-0.3, -0.25) is 9.59 Å². The van der Waals surface area contributed by atoms with E-state index in [0.29, 0.717) is 17.2 Å². The number of carbonyl (C=O) groups is 2. The summed E-state index contributed by atoms with van der Waals surface area (Å²) in [5.74, 6) is -1.18. The molecular formula is C14H14FNO6S. The molecular weight excluding hydrogens is 329 g/mol. The maximum atomic E-state index is 12.8. The summed E-state index contributed by atoms with van der Waals surface area (Å²) in [7, 11) is -4.66. The molecule has 23 heavy (non-hydrogen) atoms. The first-order chi connectivity index (χ1) is 10.7. The summed E-state index contributed by atoms with van der Waals surface area (Å²) in [6.45, 7) is 1.40. The molecule has 7 nitrogen and oxygen atoms in total.